The van der Waals surface area contributed by atoms with Gasteiger partial charge in [-0.2, -0.15) is 5.10 Å². The molecule has 1 N–H and O–H groups in total. The van der Waals surface area contributed by atoms with Crippen LogP contribution in [0.1, 0.15) is 38.6 Å². The molecular weight excluding hydrogens is 316 g/mol. The number of rotatable bonds is 9. The topological polar surface area (TPSA) is 33.1 Å². The molecule has 20 heavy (non-hydrogen) atoms. The summed E-state index contributed by atoms with van der Waals surface area (Å²) >= 11 is 3.69. The highest BCUT2D eigenvalue weighted by atomic mass is 79.9. The Morgan fingerprint density at radius 3 is 2.45 bits per heavy atom. The van der Waals surface area contributed by atoms with Gasteiger partial charge in [0.15, 0.2) is 0 Å². The minimum Gasteiger partial charge on any atom is -0.317 e. The maximum Gasteiger partial charge on any atom is 0.0738 e. The molecule has 5 heteroatoms. The Kier molecular flexibility index (Phi) is 7.77. The second-order valence-corrected chi connectivity index (χ2v) is 5.96. The Bertz CT molecular complexity index is 399. The van der Waals surface area contributed by atoms with Gasteiger partial charge in [0, 0.05) is 19.0 Å². The van der Waals surface area contributed by atoms with Gasteiger partial charge in [-0.25, -0.2) is 0 Å². The van der Waals surface area contributed by atoms with Crippen molar-refractivity contribution in [2.45, 2.75) is 53.1 Å². The van der Waals surface area contributed by atoms with Crippen molar-refractivity contribution in [1.82, 2.24) is 20.0 Å². The Hall–Kier alpha value is -0.390. The minimum absolute atomic E-state index is 0.494. The van der Waals surface area contributed by atoms with E-state index in [1.54, 1.807) is 0 Å². The molecule has 1 rings (SSSR count). The fraction of sp³-hybridized carbons (Fsp3) is 0.800. The van der Waals surface area contributed by atoms with Gasteiger partial charge in [0.25, 0.3) is 0 Å². The van der Waals surface area contributed by atoms with Gasteiger partial charge in [0.05, 0.1) is 15.9 Å². The molecule has 0 aliphatic heterocycles. The van der Waals surface area contributed by atoms with Crippen molar-refractivity contribution in [2.75, 3.05) is 26.7 Å². The average Bonchev–Trinajstić information content (AvgIpc) is 2.74. The van der Waals surface area contributed by atoms with Crippen LogP contribution in [0.3, 0.4) is 0 Å². The summed E-state index contributed by atoms with van der Waals surface area (Å²) < 4.78 is 3.28. The van der Waals surface area contributed by atoms with Crippen LogP contribution in [0.15, 0.2) is 4.47 Å². The zero-order valence-corrected chi connectivity index (χ0v) is 15.1. The van der Waals surface area contributed by atoms with E-state index >= 15 is 0 Å². The van der Waals surface area contributed by atoms with E-state index in [4.69, 9.17) is 0 Å². The van der Waals surface area contributed by atoms with Crippen LogP contribution >= 0.6 is 15.9 Å². The van der Waals surface area contributed by atoms with Crippen molar-refractivity contribution in [2.24, 2.45) is 0 Å². The molecule has 0 spiro atoms. The molecule has 0 fully saturated rings. The van der Waals surface area contributed by atoms with Crippen molar-refractivity contribution < 1.29 is 0 Å². The number of aromatic nitrogens is 2. The maximum absolute atomic E-state index is 4.58. The van der Waals surface area contributed by atoms with Gasteiger partial charge in [-0.3, -0.25) is 4.68 Å². The van der Waals surface area contributed by atoms with Crippen LogP contribution in [0.5, 0.6) is 0 Å². The van der Waals surface area contributed by atoms with Crippen molar-refractivity contribution in [1.29, 1.82) is 0 Å². The van der Waals surface area contributed by atoms with Crippen LogP contribution in [-0.2, 0) is 13.0 Å². The molecule has 0 radical (unpaired) electrons. The number of aryl methyl sites for hydroxylation is 2. The standard InChI is InChI=1S/C15H29BrN4/c1-6-19(7-2)10-9-13(17-5)11-14-15(16)12(4)18-20(14)8-3/h13,17H,6-11H2,1-5H3. The normalized spacial score (nSPS) is 13.2. The molecule has 0 aliphatic rings. The first-order valence-corrected chi connectivity index (χ1v) is 8.47. The fourth-order valence-corrected chi connectivity index (χ4v) is 2.97. The molecule has 1 aromatic rings. The van der Waals surface area contributed by atoms with Gasteiger partial charge in [0.1, 0.15) is 0 Å². The van der Waals surface area contributed by atoms with Crippen molar-refractivity contribution in [3.05, 3.63) is 15.9 Å². The van der Waals surface area contributed by atoms with E-state index in [9.17, 15) is 0 Å². The largest absolute Gasteiger partial charge is 0.317 e. The van der Waals surface area contributed by atoms with Gasteiger partial charge in [-0.1, -0.05) is 13.8 Å². The summed E-state index contributed by atoms with van der Waals surface area (Å²) in [5.41, 5.74) is 2.39. The summed E-state index contributed by atoms with van der Waals surface area (Å²) in [4.78, 5) is 2.47. The lowest BCUT2D eigenvalue weighted by Gasteiger charge is -2.23. The molecule has 1 unspecified atom stereocenters. The zero-order valence-electron chi connectivity index (χ0n) is 13.5. The molecule has 0 aliphatic carbocycles. The summed E-state index contributed by atoms with van der Waals surface area (Å²) in [5.74, 6) is 0. The monoisotopic (exact) mass is 344 g/mol. The van der Waals surface area contributed by atoms with E-state index in [1.165, 1.54) is 16.6 Å². The van der Waals surface area contributed by atoms with Gasteiger partial charge in [-0.05, 0) is 62.9 Å². The molecule has 4 nitrogen and oxygen atoms in total. The van der Waals surface area contributed by atoms with Crippen LogP contribution in [-0.4, -0.2) is 47.4 Å². The molecule has 1 heterocycles. The van der Waals surface area contributed by atoms with Crippen LogP contribution in [0.2, 0.25) is 0 Å². The van der Waals surface area contributed by atoms with Crippen molar-refractivity contribution in [3.8, 4) is 0 Å². The third kappa shape index (κ3) is 4.57. The molecule has 1 atom stereocenters. The van der Waals surface area contributed by atoms with E-state index in [0.29, 0.717) is 6.04 Å². The van der Waals surface area contributed by atoms with Crippen LogP contribution in [0.4, 0.5) is 0 Å². The predicted molar refractivity (Wildman–Crippen MR) is 89.3 cm³/mol. The number of nitrogens with one attached hydrogen (secondary N) is 1. The third-order valence-electron chi connectivity index (χ3n) is 3.99. The van der Waals surface area contributed by atoms with Crippen molar-refractivity contribution in [3.63, 3.8) is 0 Å². The van der Waals surface area contributed by atoms with E-state index in [0.717, 1.165) is 38.3 Å². The van der Waals surface area contributed by atoms with Gasteiger partial charge in [0.2, 0.25) is 0 Å². The second kappa shape index (κ2) is 8.80. The Labute approximate surface area is 132 Å². The number of halogens is 1. The molecule has 0 saturated heterocycles. The van der Waals surface area contributed by atoms with Gasteiger partial charge < -0.3 is 10.2 Å². The first kappa shape index (κ1) is 17.7. The highest BCUT2D eigenvalue weighted by molar-refractivity contribution is 9.10. The summed E-state index contributed by atoms with van der Waals surface area (Å²) in [6.07, 6.45) is 2.19. The maximum atomic E-state index is 4.58. The number of hydrogen-bond donors (Lipinski definition) is 1. The van der Waals surface area contributed by atoms with E-state index in [-0.39, 0.29) is 0 Å². The van der Waals surface area contributed by atoms with E-state index < -0.39 is 0 Å². The lowest BCUT2D eigenvalue weighted by Crippen LogP contribution is -2.34. The summed E-state index contributed by atoms with van der Waals surface area (Å²) in [7, 11) is 2.06. The van der Waals surface area contributed by atoms with Crippen LogP contribution < -0.4 is 5.32 Å². The molecule has 0 saturated carbocycles. The molecule has 0 amide bonds. The van der Waals surface area contributed by atoms with Crippen LogP contribution in [0, 0.1) is 6.92 Å². The van der Waals surface area contributed by atoms with Gasteiger partial charge >= 0.3 is 0 Å². The molecule has 0 aromatic carbocycles. The first-order valence-electron chi connectivity index (χ1n) is 7.68. The molecule has 0 bridgehead atoms. The number of likely N-dealkylation sites (N-methyl/N-ethyl adjacent to an activating group) is 1. The molecule has 1 aromatic heterocycles. The number of hydrogen-bond acceptors (Lipinski definition) is 3. The summed E-state index contributed by atoms with van der Waals surface area (Å²) in [6.45, 7) is 13.0. The second-order valence-electron chi connectivity index (χ2n) is 5.17. The fourth-order valence-electron chi connectivity index (χ4n) is 2.52. The number of nitrogens with zero attached hydrogens (tertiary/aromatic N) is 3. The third-order valence-corrected chi connectivity index (χ3v) is 5.02. The smallest absolute Gasteiger partial charge is 0.0738 e. The highest BCUT2D eigenvalue weighted by Gasteiger charge is 2.17. The van der Waals surface area contributed by atoms with E-state index in [2.05, 4.69) is 70.7 Å². The lowest BCUT2D eigenvalue weighted by atomic mass is 10.1. The Morgan fingerprint density at radius 1 is 1.30 bits per heavy atom. The highest BCUT2D eigenvalue weighted by Crippen LogP contribution is 2.22. The first-order chi connectivity index (χ1) is 9.57. The molecular formula is C15H29BrN4. The minimum atomic E-state index is 0.494. The Balaban J connectivity index is 2.68. The van der Waals surface area contributed by atoms with Gasteiger partial charge in [-0.15, -0.1) is 0 Å². The van der Waals surface area contributed by atoms with E-state index in [1.807, 2.05) is 0 Å². The van der Waals surface area contributed by atoms with Crippen LogP contribution in [0.25, 0.3) is 0 Å². The molecule has 116 valence electrons. The predicted octanol–water partition coefficient (Wildman–Crippen LogP) is 2.84. The SMILES string of the molecule is CCN(CC)CCC(Cc1c(Br)c(C)nn1CC)NC. The zero-order chi connectivity index (χ0) is 15.1. The van der Waals surface area contributed by atoms with Crippen molar-refractivity contribution >= 4 is 15.9 Å². The summed E-state index contributed by atoms with van der Waals surface area (Å²) in [6, 6.07) is 0.494. The summed E-state index contributed by atoms with van der Waals surface area (Å²) in [5, 5.41) is 8.03. The quantitative estimate of drug-likeness (QED) is 0.747. The lowest BCUT2D eigenvalue weighted by molar-refractivity contribution is 0.282. The Morgan fingerprint density at radius 2 is 1.95 bits per heavy atom. The average molecular weight is 345 g/mol.